The first kappa shape index (κ1) is 14.6. The van der Waals surface area contributed by atoms with E-state index in [2.05, 4.69) is 10.5 Å². The molecule has 2 N–H and O–H groups in total. The van der Waals surface area contributed by atoms with Crippen molar-refractivity contribution in [1.82, 2.24) is 5.43 Å². The molecule has 0 aliphatic rings. The second-order valence-electron chi connectivity index (χ2n) is 4.45. The van der Waals surface area contributed by atoms with E-state index in [9.17, 15) is 9.90 Å². The van der Waals surface area contributed by atoms with Gasteiger partial charge in [-0.1, -0.05) is 18.2 Å². The number of aryl methyl sites for hydroxylation is 1. The number of hydrogen-bond acceptors (Lipinski definition) is 4. The van der Waals surface area contributed by atoms with Gasteiger partial charge in [0.25, 0.3) is 5.91 Å². The maximum absolute atomic E-state index is 11.9. The van der Waals surface area contributed by atoms with Gasteiger partial charge >= 0.3 is 0 Å². The van der Waals surface area contributed by atoms with E-state index in [1.165, 1.54) is 19.4 Å². The van der Waals surface area contributed by atoms with Crippen LogP contribution in [0.1, 0.15) is 21.5 Å². The zero-order valence-electron chi connectivity index (χ0n) is 11.8. The molecule has 21 heavy (non-hydrogen) atoms. The number of nitrogens with zero attached hydrogens (tertiary/aromatic N) is 1. The molecule has 0 spiro atoms. The normalized spacial score (nSPS) is 10.6. The Kier molecular flexibility index (Phi) is 4.56. The Bertz CT molecular complexity index is 681. The second kappa shape index (κ2) is 6.56. The van der Waals surface area contributed by atoms with E-state index in [0.29, 0.717) is 16.9 Å². The van der Waals surface area contributed by atoms with Crippen LogP contribution in [0.15, 0.2) is 47.6 Å². The number of carbonyl (C=O) groups is 1. The number of rotatable bonds is 4. The molecule has 0 saturated heterocycles. The van der Waals surface area contributed by atoms with E-state index in [0.717, 1.165) is 5.56 Å². The van der Waals surface area contributed by atoms with E-state index < -0.39 is 0 Å². The van der Waals surface area contributed by atoms with Gasteiger partial charge in [0.05, 0.1) is 13.3 Å². The summed E-state index contributed by atoms with van der Waals surface area (Å²) in [6.45, 7) is 1.86. The number of hydrazone groups is 1. The average Bonchev–Trinajstić information content (AvgIpc) is 2.48. The Hall–Kier alpha value is -2.82. The maximum atomic E-state index is 11.9. The first-order valence-electron chi connectivity index (χ1n) is 6.38. The average molecular weight is 284 g/mol. The minimum absolute atomic E-state index is 0.0201. The quantitative estimate of drug-likeness (QED) is 0.669. The summed E-state index contributed by atoms with van der Waals surface area (Å²) in [5.74, 6) is 0.129. The molecule has 2 aromatic rings. The highest BCUT2D eigenvalue weighted by Crippen LogP contribution is 2.25. The van der Waals surface area contributed by atoms with Crippen molar-refractivity contribution >= 4 is 12.1 Å². The van der Waals surface area contributed by atoms with Gasteiger partial charge in [0, 0.05) is 5.56 Å². The van der Waals surface area contributed by atoms with Crippen LogP contribution < -0.4 is 10.2 Å². The van der Waals surface area contributed by atoms with Gasteiger partial charge in [0.2, 0.25) is 0 Å². The minimum atomic E-state index is -0.276. The molecular weight excluding hydrogens is 268 g/mol. The highest BCUT2D eigenvalue weighted by molar-refractivity contribution is 5.96. The third-order valence-electron chi connectivity index (χ3n) is 2.97. The van der Waals surface area contributed by atoms with Crippen LogP contribution in [0.5, 0.6) is 11.5 Å². The van der Waals surface area contributed by atoms with Gasteiger partial charge in [0.15, 0.2) is 11.5 Å². The van der Waals surface area contributed by atoms with Crippen LogP contribution >= 0.6 is 0 Å². The van der Waals surface area contributed by atoms with Crippen molar-refractivity contribution in [2.45, 2.75) is 6.92 Å². The van der Waals surface area contributed by atoms with Crippen LogP contribution in [0.4, 0.5) is 0 Å². The summed E-state index contributed by atoms with van der Waals surface area (Å²) in [4.78, 5) is 11.9. The van der Waals surface area contributed by atoms with E-state index in [4.69, 9.17) is 4.74 Å². The van der Waals surface area contributed by atoms with Gasteiger partial charge in [-0.25, -0.2) is 5.43 Å². The molecule has 0 fully saturated rings. The third-order valence-corrected chi connectivity index (χ3v) is 2.97. The number of methoxy groups -OCH3 is 1. The predicted molar refractivity (Wildman–Crippen MR) is 80.9 cm³/mol. The number of phenolic OH excluding ortho intramolecular Hbond substituents is 1. The first-order valence-corrected chi connectivity index (χ1v) is 6.38. The largest absolute Gasteiger partial charge is 0.504 e. The summed E-state index contributed by atoms with van der Waals surface area (Å²) in [6.07, 6.45) is 1.45. The molecule has 0 heterocycles. The Morgan fingerprint density at radius 1 is 1.29 bits per heavy atom. The Balaban J connectivity index is 2.04. The van der Waals surface area contributed by atoms with Crippen molar-refractivity contribution in [2.24, 2.45) is 5.10 Å². The SMILES string of the molecule is COc1ccc(/C=N/NC(=O)c2ccccc2C)cc1O. The standard InChI is InChI=1S/C16H16N2O3/c1-11-5-3-4-6-13(11)16(20)18-17-10-12-7-8-15(21-2)14(19)9-12/h3-10,19H,1-2H3,(H,18,20)/b17-10+. The van der Waals surface area contributed by atoms with Gasteiger partial charge in [-0.2, -0.15) is 5.10 Å². The number of carbonyl (C=O) groups excluding carboxylic acids is 1. The highest BCUT2D eigenvalue weighted by atomic mass is 16.5. The molecule has 5 heteroatoms. The summed E-state index contributed by atoms with van der Waals surface area (Å²) in [7, 11) is 1.48. The zero-order valence-corrected chi connectivity index (χ0v) is 11.8. The third kappa shape index (κ3) is 3.60. The van der Waals surface area contributed by atoms with Crippen molar-refractivity contribution in [3.05, 3.63) is 59.2 Å². The summed E-state index contributed by atoms with van der Waals surface area (Å²) in [5, 5.41) is 13.5. The lowest BCUT2D eigenvalue weighted by Gasteiger charge is -2.04. The smallest absolute Gasteiger partial charge is 0.271 e. The van der Waals surface area contributed by atoms with Gasteiger partial charge in [-0.15, -0.1) is 0 Å². The van der Waals surface area contributed by atoms with E-state index in [1.54, 1.807) is 24.3 Å². The van der Waals surface area contributed by atoms with Crippen molar-refractivity contribution in [3.8, 4) is 11.5 Å². The highest BCUT2D eigenvalue weighted by Gasteiger charge is 2.06. The van der Waals surface area contributed by atoms with Crippen molar-refractivity contribution < 1.29 is 14.6 Å². The molecule has 0 saturated carbocycles. The molecule has 1 amide bonds. The molecule has 0 aliphatic heterocycles. The maximum Gasteiger partial charge on any atom is 0.271 e. The van der Waals surface area contributed by atoms with Gasteiger partial charge in [0.1, 0.15) is 0 Å². The fourth-order valence-corrected chi connectivity index (χ4v) is 1.84. The van der Waals surface area contributed by atoms with Crippen molar-refractivity contribution in [1.29, 1.82) is 0 Å². The lowest BCUT2D eigenvalue weighted by molar-refractivity contribution is 0.0954. The van der Waals surface area contributed by atoms with Crippen molar-refractivity contribution in [3.63, 3.8) is 0 Å². The molecule has 2 rings (SSSR count). The monoisotopic (exact) mass is 284 g/mol. The predicted octanol–water partition coefficient (Wildman–Crippen LogP) is 2.47. The zero-order chi connectivity index (χ0) is 15.2. The fraction of sp³-hybridized carbons (Fsp3) is 0.125. The number of ether oxygens (including phenoxy) is 1. The summed E-state index contributed by atoms with van der Waals surface area (Å²) < 4.78 is 4.95. The number of amides is 1. The molecule has 0 radical (unpaired) electrons. The Labute approximate surface area is 122 Å². The van der Waals surface area contributed by atoms with Crippen molar-refractivity contribution in [2.75, 3.05) is 7.11 Å². The Morgan fingerprint density at radius 3 is 2.71 bits per heavy atom. The molecule has 0 atom stereocenters. The van der Waals surface area contributed by atoms with E-state index in [1.807, 2.05) is 19.1 Å². The first-order chi connectivity index (χ1) is 10.1. The van der Waals surface area contributed by atoms with E-state index in [-0.39, 0.29) is 11.7 Å². The molecule has 0 bridgehead atoms. The topological polar surface area (TPSA) is 70.9 Å². The number of benzene rings is 2. The molecular formula is C16H16N2O3. The van der Waals surface area contributed by atoms with Gasteiger partial charge in [-0.05, 0) is 42.3 Å². The lowest BCUT2D eigenvalue weighted by Crippen LogP contribution is -2.18. The molecule has 0 unspecified atom stereocenters. The van der Waals surface area contributed by atoms with Crippen LogP contribution in [0, 0.1) is 6.92 Å². The molecule has 2 aromatic carbocycles. The minimum Gasteiger partial charge on any atom is -0.504 e. The molecule has 0 aromatic heterocycles. The van der Waals surface area contributed by atoms with Gasteiger partial charge < -0.3 is 9.84 Å². The molecule has 108 valence electrons. The van der Waals surface area contributed by atoms with Crippen LogP contribution in [0.3, 0.4) is 0 Å². The number of hydrogen-bond donors (Lipinski definition) is 2. The molecule has 5 nitrogen and oxygen atoms in total. The van der Waals surface area contributed by atoms with Crippen LogP contribution in [-0.4, -0.2) is 24.3 Å². The Morgan fingerprint density at radius 2 is 2.05 bits per heavy atom. The second-order valence-corrected chi connectivity index (χ2v) is 4.45. The number of nitrogens with one attached hydrogen (secondary N) is 1. The van der Waals surface area contributed by atoms with Crippen LogP contribution in [-0.2, 0) is 0 Å². The molecule has 0 aliphatic carbocycles. The van der Waals surface area contributed by atoms with Crippen LogP contribution in [0.25, 0.3) is 0 Å². The summed E-state index contributed by atoms with van der Waals surface area (Å²) >= 11 is 0. The fourth-order valence-electron chi connectivity index (χ4n) is 1.84. The van der Waals surface area contributed by atoms with E-state index >= 15 is 0 Å². The van der Waals surface area contributed by atoms with Crippen LogP contribution in [0.2, 0.25) is 0 Å². The summed E-state index contributed by atoms with van der Waals surface area (Å²) in [5.41, 5.74) is 4.56. The van der Waals surface area contributed by atoms with Gasteiger partial charge in [-0.3, -0.25) is 4.79 Å². The number of phenols is 1. The number of aromatic hydroxyl groups is 1. The lowest BCUT2D eigenvalue weighted by atomic mass is 10.1. The summed E-state index contributed by atoms with van der Waals surface area (Å²) in [6, 6.07) is 12.1.